The van der Waals surface area contributed by atoms with E-state index < -0.39 is 17.5 Å². The summed E-state index contributed by atoms with van der Waals surface area (Å²) in [6.45, 7) is 1.90. The fraction of sp³-hybridized carbons (Fsp3) is 0.200. The number of hydrogen-bond acceptors (Lipinski definition) is 8. The second-order valence-corrected chi connectivity index (χ2v) is 5.38. The van der Waals surface area contributed by atoms with Gasteiger partial charge in [-0.2, -0.15) is 9.78 Å². The minimum atomic E-state index is -0.687. The van der Waals surface area contributed by atoms with E-state index in [-0.39, 0.29) is 22.9 Å². The van der Waals surface area contributed by atoms with Gasteiger partial charge in [-0.15, -0.1) is 5.10 Å². The van der Waals surface area contributed by atoms with Crippen LogP contribution < -0.4 is 11.2 Å². The average molecular weight is 376 g/mol. The Bertz CT molecular complexity index is 998. The van der Waals surface area contributed by atoms with E-state index in [2.05, 4.69) is 35.8 Å². The summed E-state index contributed by atoms with van der Waals surface area (Å²) in [4.78, 5) is 12.4. The van der Waals surface area contributed by atoms with Gasteiger partial charge in [0.25, 0.3) is 5.91 Å². The summed E-state index contributed by atoms with van der Waals surface area (Å²) in [6, 6.07) is 2.88. The molecule has 0 saturated carbocycles. The van der Waals surface area contributed by atoms with Crippen molar-refractivity contribution in [3.05, 3.63) is 46.8 Å². The first-order valence-electron chi connectivity index (χ1n) is 7.82. The predicted molar refractivity (Wildman–Crippen MR) is 89.0 cm³/mol. The first-order chi connectivity index (χ1) is 13.0. The number of halogens is 2. The summed E-state index contributed by atoms with van der Waals surface area (Å²) in [5.41, 5.74) is 8.14. The SMILES string of the molecule is CCCc1c(C(=O)N/N=C/c2cc(F)ccc2F)nnn1-c1nonc1N. The molecule has 0 aliphatic carbocycles. The molecule has 0 saturated heterocycles. The third-order valence-electron chi connectivity index (χ3n) is 3.49. The molecule has 2 heterocycles. The lowest BCUT2D eigenvalue weighted by Crippen LogP contribution is -2.20. The van der Waals surface area contributed by atoms with Crippen molar-refractivity contribution < 1.29 is 18.2 Å². The number of nitrogens with one attached hydrogen (secondary N) is 1. The van der Waals surface area contributed by atoms with E-state index in [1.54, 1.807) is 0 Å². The summed E-state index contributed by atoms with van der Waals surface area (Å²) >= 11 is 0. The Balaban J connectivity index is 1.82. The summed E-state index contributed by atoms with van der Waals surface area (Å²) in [7, 11) is 0. The highest BCUT2D eigenvalue weighted by Gasteiger charge is 2.23. The molecular formula is C15H14F2N8O2. The minimum absolute atomic E-state index is 0.0104. The van der Waals surface area contributed by atoms with Crippen LogP contribution in [-0.2, 0) is 6.42 Å². The van der Waals surface area contributed by atoms with Crippen molar-refractivity contribution >= 4 is 17.9 Å². The maximum Gasteiger partial charge on any atom is 0.293 e. The second kappa shape index (κ2) is 7.68. The van der Waals surface area contributed by atoms with Crippen molar-refractivity contribution in [1.29, 1.82) is 0 Å². The Morgan fingerprint density at radius 2 is 2.22 bits per heavy atom. The Labute approximate surface area is 151 Å². The van der Waals surface area contributed by atoms with Crippen molar-refractivity contribution in [2.75, 3.05) is 5.73 Å². The molecule has 0 radical (unpaired) electrons. The van der Waals surface area contributed by atoms with Gasteiger partial charge in [-0.3, -0.25) is 4.79 Å². The maximum atomic E-state index is 13.5. The Hall–Kier alpha value is -3.70. The molecule has 0 aliphatic heterocycles. The molecule has 0 bridgehead atoms. The lowest BCUT2D eigenvalue weighted by molar-refractivity contribution is 0.0949. The molecule has 1 amide bonds. The number of anilines is 1. The van der Waals surface area contributed by atoms with Crippen molar-refractivity contribution in [2.24, 2.45) is 5.10 Å². The number of nitrogens with zero attached hydrogens (tertiary/aromatic N) is 6. The van der Waals surface area contributed by atoms with Gasteiger partial charge in [0.15, 0.2) is 5.69 Å². The van der Waals surface area contributed by atoms with Crippen LogP contribution in [-0.4, -0.2) is 37.4 Å². The molecule has 1 aromatic carbocycles. The van der Waals surface area contributed by atoms with Crippen LogP contribution in [0.3, 0.4) is 0 Å². The lowest BCUT2D eigenvalue weighted by atomic mass is 10.2. The van der Waals surface area contributed by atoms with Gasteiger partial charge in [0.05, 0.1) is 11.9 Å². The van der Waals surface area contributed by atoms with E-state index in [4.69, 9.17) is 5.73 Å². The molecule has 140 valence electrons. The number of rotatable bonds is 6. The molecule has 2 aromatic heterocycles. The number of carbonyl (C=O) groups is 1. The van der Waals surface area contributed by atoms with Gasteiger partial charge in [-0.1, -0.05) is 18.6 Å². The summed E-state index contributed by atoms with van der Waals surface area (Å²) in [6.07, 6.45) is 2.10. The summed E-state index contributed by atoms with van der Waals surface area (Å²) < 4.78 is 32.5. The van der Waals surface area contributed by atoms with Crippen LogP contribution >= 0.6 is 0 Å². The third kappa shape index (κ3) is 3.78. The number of hydrogen-bond donors (Lipinski definition) is 2. The number of benzene rings is 1. The Kier molecular flexibility index (Phi) is 5.15. The molecule has 3 N–H and O–H groups in total. The Morgan fingerprint density at radius 3 is 2.93 bits per heavy atom. The van der Waals surface area contributed by atoms with E-state index in [0.717, 1.165) is 24.4 Å². The first-order valence-corrected chi connectivity index (χ1v) is 7.82. The van der Waals surface area contributed by atoms with Gasteiger partial charge >= 0.3 is 0 Å². The van der Waals surface area contributed by atoms with Crippen LogP contribution in [0.15, 0.2) is 27.9 Å². The monoisotopic (exact) mass is 376 g/mol. The number of nitrogens with two attached hydrogens (primary N) is 1. The van der Waals surface area contributed by atoms with Crippen LogP contribution in [0.4, 0.5) is 14.6 Å². The van der Waals surface area contributed by atoms with E-state index in [1.165, 1.54) is 4.68 Å². The lowest BCUT2D eigenvalue weighted by Gasteiger charge is -2.03. The van der Waals surface area contributed by atoms with Crippen LogP contribution in [0.2, 0.25) is 0 Å². The highest BCUT2D eigenvalue weighted by molar-refractivity contribution is 5.94. The summed E-state index contributed by atoms with van der Waals surface area (Å²) in [5.74, 6) is -1.90. The smallest absolute Gasteiger partial charge is 0.293 e. The van der Waals surface area contributed by atoms with Gasteiger partial charge in [0.2, 0.25) is 11.6 Å². The van der Waals surface area contributed by atoms with Crippen molar-refractivity contribution in [3.8, 4) is 5.82 Å². The summed E-state index contributed by atoms with van der Waals surface area (Å²) in [5, 5.41) is 18.4. The average Bonchev–Trinajstić information content (AvgIpc) is 3.24. The van der Waals surface area contributed by atoms with Crippen molar-refractivity contribution in [2.45, 2.75) is 19.8 Å². The molecule has 0 aliphatic rings. The zero-order chi connectivity index (χ0) is 19.4. The molecular weight excluding hydrogens is 362 g/mol. The van der Waals surface area contributed by atoms with Crippen LogP contribution in [0.25, 0.3) is 5.82 Å². The fourth-order valence-corrected chi connectivity index (χ4v) is 2.27. The van der Waals surface area contributed by atoms with Gasteiger partial charge in [-0.05, 0) is 34.9 Å². The number of nitrogen functional groups attached to an aromatic ring is 1. The molecule has 27 heavy (non-hydrogen) atoms. The van der Waals surface area contributed by atoms with Gasteiger partial charge < -0.3 is 5.73 Å². The van der Waals surface area contributed by atoms with Gasteiger partial charge in [0.1, 0.15) is 11.6 Å². The van der Waals surface area contributed by atoms with Crippen LogP contribution in [0.1, 0.15) is 35.1 Å². The molecule has 3 rings (SSSR count). The first kappa shape index (κ1) is 18.1. The highest BCUT2D eigenvalue weighted by Crippen LogP contribution is 2.17. The van der Waals surface area contributed by atoms with E-state index >= 15 is 0 Å². The third-order valence-corrected chi connectivity index (χ3v) is 3.49. The van der Waals surface area contributed by atoms with Crippen molar-refractivity contribution in [3.63, 3.8) is 0 Å². The topological polar surface area (TPSA) is 137 Å². The number of aromatic nitrogens is 5. The van der Waals surface area contributed by atoms with Gasteiger partial charge in [-0.25, -0.2) is 18.8 Å². The molecule has 0 unspecified atom stereocenters. The number of amides is 1. The highest BCUT2D eigenvalue weighted by atomic mass is 19.1. The Morgan fingerprint density at radius 1 is 1.41 bits per heavy atom. The molecule has 0 fully saturated rings. The van der Waals surface area contributed by atoms with Crippen LogP contribution in [0.5, 0.6) is 0 Å². The largest absolute Gasteiger partial charge is 0.378 e. The maximum absolute atomic E-state index is 13.5. The molecule has 0 spiro atoms. The predicted octanol–water partition coefficient (Wildman–Crippen LogP) is 1.23. The minimum Gasteiger partial charge on any atom is -0.378 e. The van der Waals surface area contributed by atoms with E-state index in [0.29, 0.717) is 18.5 Å². The molecule has 3 aromatic rings. The van der Waals surface area contributed by atoms with Crippen LogP contribution in [0, 0.1) is 11.6 Å². The molecule has 12 heteroatoms. The normalized spacial score (nSPS) is 11.2. The zero-order valence-corrected chi connectivity index (χ0v) is 14.1. The van der Waals surface area contributed by atoms with E-state index in [9.17, 15) is 13.6 Å². The van der Waals surface area contributed by atoms with E-state index in [1.807, 2.05) is 6.92 Å². The number of carbonyl (C=O) groups excluding carboxylic acids is 1. The van der Waals surface area contributed by atoms with Crippen molar-refractivity contribution in [1.82, 2.24) is 30.7 Å². The standard InChI is InChI=1S/C15H14F2N8O2/c1-2-3-11-12(20-24-25(11)14-13(18)22-27-23-14)15(26)21-19-7-8-6-9(16)4-5-10(8)17/h4-7H,2-3H2,1H3,(H2,18,22)(H,21,26)/b19-7+. The van der Waals surface area contributed by atoms with Gasteiger partial charge in [0, 0.05) is 5.56 Å². The molecule has 0 atom stereocenters. The second-order valence-electron chi connectivity index (χ2n) is 5.38. The fourth-order valence-electron chi connectivity index (χ4n) is 2.27. The quantitative estimate of drug-likeness (QED) is 0.487. The molecule has 10 nitrogen and oxygen atoms in total. The zero-order valence-electron chi connectivity index (χ0n) is 14.1. The number of hydrazone groups is 1.